The van der Waals surface area contributed by atoms with Crippen molar-refractivity contribution in [2.75, 3.05) is 10.6 Å². The molecule has 0 aromatic heterocycles. The van der Waals surface area contributed by atoms with Crippen LogP contribution in [0, 0.1) is 17.8 Å². The van der Waals surface area contributed by atoms with E-state index < -0.39 is 0 Å². The minimum Gasteiger partial charge on any atom is -0.327 e. The lowest BCUT2D eigenvalue weighted by Gasteiger charge is -2.43. The highest BCUT2D eigenvalue weighted by atomic mass is 35.5. The number of anilines is 2. The molecule has 0 heterocycles. The van der Waals surface area contributed by atoms with E-state index in [0.717, 1.165) is 25.7 Å². The topological polar surface area (TPSA) is 84.2 Å². The Morgan fingerprint density at radius 1 is 1.16 bits per heavy atom. The van der Waals surface area contributed by atoms with Crippen molar-refractivity contribution in [1.29, 1.82) is 0 Å². The van der Waals surface area contributed by atoms with E-state index in [-0.39, 0.29) is 36.2 Å². The quantitative estimate of drug-likeness (QED) is 0.739. The summed E-state index contributed by atoms with van der Waals surface area (Å²) < 4.78 is 0. The van der Waals surface area contributed by atoms with Crippen LogP contribution in [0.15, 0.2) is 18.2 Å². The summed E-state index contributed by atoms with van der Waals surface area (Å²) in [5, 5.41) is 6.10. The molecule has 0 radical (unpaired) electrons. The van der Waals surface area contributed by atoms with Crippen molar-refractivity contribution in [2.24, 2.45) is 23.5 Å². The number of hydrogen-bond acceptors (Lipinski definition) is 3. The Bertz CT molecular complexity index is 639. The Kier molecular flexibility index (Phi) is 6.72. The number of benzene rings is 1. The van der Waals surface area contributed by atoms with Crippen LogP contribution in [0.4, 0.5) is 11.4 Å². The van der Waals surface area contributed by atoms with Gasteiger partial charge in [0, 0.05) is 24.6 Å². The Morgan fingerprint density at radius 3 is 2.40 bits per heavy atom. The molecule has 2 saturated carbocycles. The molecule has 2 fully saturated rings. The summed E-state index contributed by atoms with van der Waals surface area (Å²) in [5.74, 6) is 0.730. The molecule has 1 aromatic rings. The van der Waals surface area contributed by atoms with E-state index in [4.69, 9.17) is 17.3 Å². The monoisotopic (exact) mass is 385 g/mol. The number of amides is 2. The Morgan fingerprint density at radius 2 is 1.80 bits per heavy atom. The summed E-state index contributed by atoms with van der Waals surface area (Å²) in [6, 6.07) is 5.32. The van der Waals surface area contributed by atoms with Gasteiger partial charge in [0.2, 0.25) is 11.8 Å². The smallest absolute Gasteiger partial charge is 0.227 e. The SMILES string of the molecule is CC(=O)Nc1ccc(Cl)c(NC(=O)C2CC3CCCC(C2)C3N)c1.Cl. The van der Waals surface area contributed by atoms with E-state index in [9.17, 15) is 9.59 Å². The van der Waals surface area contributed by atoms with Gasteiger partial charge in [0.15, 0.2) is 0 Å². The number of fused-ring (bicyclic) bond motifs is 2. The number of carbonyl (C=O) groups is 2. The lowest BCUT2D eigenvalue weighted by atomic mass is 9.65. The highest BCUT2D eigenvalue weighted by molar-refractivity contribution is 6.33. The molecule has 1 aromatic carbocycles. The molecule has 0 spiro atoms. The van der Waals surface area contributed by atoms with Crippen LogP contribution in [-0.4, -0.2) is 17.9 Å². The zero-order chi connectivity index (χ0) is 17.3. The molecule has 2 atom stereocenters. The maximum absolute atomic E-state index is 12.7. The van der Waals surface area contributed by atoms with Gasteiger partial charge < -0.3 is 16.4 Å². The van der Waals surface area contributed by atoms with Gasteiger partial charge in [-0.05, 0) is 55.7 Å². The van der Waals surface area contributed by atoms with E-state index in [0.29, 0.717) is 28.2 Å². The highest BCUT2D eigenvalue weighted by Crippen LogP contribution is 2.42. The van der Waals surface area contributed by atoms with Gasteiger partial charge in [-0.1, -0.05) is 18.0 Å². The van der Waals surface area contributed by atoms with E-state index in [1.54, 1.807) is 18.2 Å². The van der Waals surface area contributed by atoms with Crippen LogP contribution in [0.25, 0.3) is 0 Å². The first kappa shape index (κ1) is 20.0. The summed E-state index contributed by atoms with van der Waals surface area (Å²) in [4.78, 5) is 23.9. The minimum atomic E-state index is -0.163. The zero-order valence-electron chi connectivity index (χ0n) is 14.3. The predicted octanol–water partition coefficient (Wildman–Crippen LogP) is 3.81. The van der Waals surface area contributed by atoms with Gasteiger partial charge in [-0.3, -0.25) is 9.59 Å². The summed E-state index contributed by atoms with van der Waals surface area (Å²) in [5.41, 5.74) is 7.45. The second-order valence-electron chi connectivity index (χ2n) is 7.06. The van der Waals surface area contributed by atoms with E-state index in [1.165, 1.54) is 13.3 Å². The Balaban J connectivity index is 0.00000225. The third kappa shape index (κ3) is 4.66. The van der Waals surface area contributed by atoms with Crippen molar-refractivity contribution in [1.82, 2.24) is 0 Å². The number of hydrogen-bond donors (Lipinski definition) is 3. The van der Waals surface area contributed by atoms with Crippen LogP contribution >= 0.6 is 24.0 Å². The lowest BCUT2D eigenvalue weighted by Crippen LogP contribution is -2.48. The third-order valence-corrected chi connectivity index (χ3v) is 5.66. The van der Waals surface area contributed by atoms with Crippen LogP contribution in [0.2, 0.25) is 5.02 Å². The third-order valence-electron chi connectivity index (χ3n) is 5.33. The predicted molar refractivity (Wildman–Crippen MR) is 103 cm³/mol. The number of halogens is 2. The van der Waals surface area contributed by atoms with E-state index in [1.807, 2.05) is 0 Å². The fraction of sp³-hybridized carbons (Fsp3) is 0.556. The van der Waals surface area contributed by atoms with Crippen LogP contribution in [0.3, 0.4) is 0 Å². The number of carbonyl (C=O) groups excluding carboxylic acids is 2. The second kappa shape index (κ2) is 8.39. The average Bonchev–Trinajstić information content (AvgIpc) is 2.49. The Labute approximate surface area is 159 Å². The van der Waals surface area contributed by atoms with E-state index >= 15 is 0 Å². The summed E-state index contributed by atoms with van der Waals surface area (Å²) >= 11 is 6.19. The Hall–Kier alpha value is -1.30. The van der Waals surface area contributed by atoms with Gasteiger partial charge in [0.25, 0.3) is 0 Å². The van der Waals surface area contributed by atoms with Gasteiger partial charge in [0.1, 0.15) is 0 Å². The van der Waals surface area contributed by atoms with Crippen molar-refractivity contribution >= 4 is 47.2 Å². The van der Waals surface area contributed by atoms with E-state index in [2.05, 4.69) is 10.6 Å². The standard InChI is InChI=1S/C18H24ClN3O2.ClH/c1-10(23)21-14-5-6-15(19)16(9-14)22-18(24)13-7-11-3-2-4-12(8-13)17(11)20;/h5-6,9,11-13,17H,2-4,7-8,20H2,1H3,(H,21,23)(H,22,24);1H. The molecule has 2 amide bonds. The molecule has 0 aliphatic heterocycles. The van der Waals surface area contributed by atoms with Gasteiger partial charge in [-0.15, -0.1) is 12.4 Å². The highest BCUT2D eigenvalue weighted by Gasteiger charge is 2.40. The normalized spacial score (nSPS) is 27.8. The molecule has 5 nitrogen and oxygen atoms in total. The summed E-state index contributed by atoms with van der Waals surface area (Å²) in [6.07, 6.45) is 5.18. The molecular weight excluding hydrogens is 361 g/mol. The van der Waals surface area contributed by atoms with Crippen molar-refractivity contribution in [2.45, 2.75) is 45.1 Å². The first-order valence-electron chi connectivity index (χ1n) is 8.57. The summed E-state index contributed by atoms with van der Waals surface area (Å²) in [7, 11) is 0. The number of nitrogens with one attached hydrogen (secondary N) is 2. The van der Waals surface area contributed by atoms with Crippen LogP contribution in [0.5, 0.6) is 0 Å². The van der Waals surface area contributed by atoms with Gasteiger partial charge in [0.05, 0.1) is 10.7 Å². The molecule has 2 bridgehead atoms. The fourth-order valence-electron chi connectivity index (χ4n) is 4.14. The summed E-state index contributed by atoms with van der Waals surface area (Å²) in [6.45, 7) is 1.44. The van der Waals surface area contributed by atoms with Crippen molar-refractivity contribution in [3.05, 3.63) is 23.2 Å². The van der Waals surface area contributed by atoms with Crippen LogP contribution < -0.4 is 16.4 Å². The zero-order valence-corrected chi connectivity index (χ0v) is 15.8. The molecule has 25 heavy (non-hydrogen) atoms. The molecule has 0 saturated heterocycles. The molecule has 3 rings (SSSR count). The maximum Gasteiger partial charge on any atom is 0.227 e. The number of rotatable bonds is 3. The molecule has 138 valence electrons. The lowest BCUT2D eigenvalue weighted by molar-refractivity contribution is -0.122. The first-order chi connectivity index (χ1) is 11.4. The molecular formula is C18H25Cl2N3O2. The van der Waals surface area contributed by atoms with Gasteiger partial charge >= 0.3 is 0 Å². The maximum atomic E-state index is 12.7. The molecule has 2 aliphatic carbocycles. The average molecular weight is 386 g/mol. The molecule has 2 unspecified atom stereocenters. The number of nitrogens with two attached hydrogens (primary N) is 1. The van der Waals surface area contributed by atoms with Crippen molar-refractivity contribution in [3.8, 4) is 0 Å². The van der Waals surface area contributed by atoms with Gasteiger partial charge in [-0.2, -0.15) is 0 Å². The molecule has 7 heteroatoms. The van der Waals surface area contributed by atoms with Gasteiger partial charge in [-0.25, -0.2) is 0 Å². The van der Waals surface area contributed by atoms with Crippen LogP contribution in [0.1, 0.15) is 39.0 Å². The van der Waals surface area contributed by atoms with Crippen LogP contribution in [-0.2, 0) is 9.59 Å². The van der Waals surface area contributed by atoms with Crippen molar-refractivity contribution < 1.29 is 9.59 Å². The van der Waals surface area contributed by atoms with Crippen molar-refractivity contribution in [3.63, 3.8) is 0 Å². The largest absolute Gasteiger partial charge is 0.327 e. The molecule has 4 N–H and O–H groups in total. The molecule has 2 aliphatic rings. The minimum absolute atomic E-state index is 0. The first-order valence-corrected chi connectivity index (χ1v) is 8.95. The second-order valence-corrected chi connectivity index (χ2v) is 7.47. The fourth-order valence-corrected chi connectivity index (χ4v) is 4.30.